The van der Waals surface area contributed by atoms with Gasteiger partial charge in [0.15, 0.2) is 0 Å². The summed E-state index contributed by atoms with van der Waals surface area (Å²) in [4.78, 5) is 0. The van der Waals surface area contributed by atoms with E-state index >= 15 is 0 Å². The minimum absolute atomic E-state index is 0.00760. The SMILES string of the molecule is CC(C)(C)c1ccccc1OPOCCCCOPOc1ccccc1C(C)(C)C. The molecule has 2 unspecified atom stereocenters. The third kappa shape index (κ3) is 8.52. The van der Waals surface area contributed by atoms with E-state index in [1.807, 2.05) is 36.4 Å². The van der Waals surface area contributed by atoms with Crippen LogP contribution in [0.2, 0.25) is 0 Å². The summed E-state index contributed by atoms with van der Waals surface area (Å²) in [5.41, 5.74) is 2.50. The van der Waals surface area contributed by atoms with Crippen LogP contribution in [0.4, 0.5) is 0 Å². The third-order valence-electron chi connectivity index (χ3n) is 4.55. The molecule has 0 fully saturated rings. The molecule has 30 heavy (non-hydrogen) atoms. The summed E-state index contributed by atoms with van der Waals surface area (Å²) in [5.74, 6) is 1.81. The monoisotopic (exact) mass is 450 g/mol. The van der Waals surface area contributed by atoms with Crippen LogP contribution in [0.25, 0.3) is 0 Å². The molecular formula is C24H36O4P2. The van der Waals surface area contributed by atoms with Gasteiger partial charge in [-0.3, -0.25) is 0 Å². The summed E-state index contributed by atoms with van der Waals surface area (Å²) < 4.78 is 23.0. The smallest absolute Gasteiger partial charge is 0.215 e. The van der Waals surface area contributed by atoms with Gasteiger partial charge in [0.05, 0.1) is 13.2 Å². The second-order valence-electron chi connectivity index (χ2n) is 9.27. The molecule has 0 aliphatic rings. The molecule has 0 bridgehead atoms. The van der Waals surface area contributed by atoms with Crippen molar-refractivity contribution in [2.45, 2.75) is 65.2 Å². The van der Waals surface area contributed by atoms with Gasteiger partial charge >= 0.3 is 0 Å². The summed E-state index contributed by atoms with van der Waals surface area (Å²) in [5, 5.41) is 0. The Kier molecular flexibility index (Phi) is 10.0. The van der Waals surface area contributed by atoms with Gasteiger partial charge < -0.3 is 18.1 Å². The molecule has 0 spiro atoms. The maximum Gasteiger partial charge on any atom is 0.215 e. The van der Waals surface area contributed by atoms with Crippen LogP contribution in [0.5, 0.6) is 11.5 Å². The Morgan fingerprint density at radius 1 is 0.600 bits per heavy atom. The Balaban J connectivity index is 1.57. The number of hydrogen-bond donors (Lipinski definition) is 0. The zero-order valence-electron chi connectivity index (χ0n) is 19.1. The summed E-state index contributed by atoms with van der Waals surface area (Å²) >= 11 is 0. The van der Waals surface area contributed by atoms with Crippen LogP contribution in [-0.4, -0.2) is 13.2 Å². The van der Waals surface area contributed by atoms with E-state index < -0.39 is 0 Å². The molecule has 0 aromatic heterocycles. The number of hydrogen-bond acceptors (Lipinski definition) is 4. The Labute approximate surface area is 185 Å². The predicted molar refractivity (Wildman–Crippen MR) is 129 cm³/mol. The highest BCUT2D eigenvalue weighted by Crippen LogP contribution is 2.35. The zero-order valence-corrected chi connectivity index (χ0v) is 21.1. The van der Waals surface area contributed by atoms with Crippen molar-refractivity contribution in [3.8, 4) is 11.5 Å². The molecule has 0 saturated carbocycles. The Bertz CT molecular complexity index is 701. The van der Waals surface area contributed by atoms with E-state index in [4.69, 9.17) is 18.1 Å². The fourth-order valence-corrected chi connectivity index (χ4v) is 4.04. The Morgan fingerprint density at radius 2 is 0.967 bits per heavy atom. The van der Waals surface area contributed by atoms with Crippen molar-refractivity contribution in [1.82, 2.24) is 0 Å². The largest absolute Gasteiger partial charge is 0.449 e. The molecule has 0 aliphatic heterocycles. The fraction of sp³-hybridized carbons (Fsp3) is 0.500. The lowest BCUT2D eigenvalue weighted by Gasteiger charge is -2.22. The van der Waals surface area contributed by atoms with Crippen LogP contribution in [0.1, 0.15) is 65.5 Å². The van der Waals surface area contributed by atoms with Crippen LogP contribution >= 0.6 is 18.1 Å². The van der Waals surface area contributed by atoms with Crippen LogP contribution in [-0.2, 0) is 19.9 Å². The van der Waals surface area contributed by atoms with E-state index in [0.717, 1.165) is 24.3 Å². The molecule has 0 amide bonds. The van der Waals surface area contributed by atoms with E-state index in [1.165, 1.54) is 11.1 Å². The lowest BCUT2D eigenvalue weighted by molar-refractivity contribution is 0.278. The highest BCUT2D eigenvalue weighted by molar-refractivity contribution is 7.26. The first-order chi connectivity index (χ1) is 14.2. The molecule has 6 heteroatoms. The normalized spacial score (nSPS) is 12.9. The van der Waals surface area contributed by atoms with Crippen LogP contribution in [0, 0.1) is 0 Å². The summed E-state index contributed by atoms with van der Waals surface area (Å²) in [7, 11) is 0.0152. The molecule has 0 aliphatic carbocycles. The third-order valence-corrected chi connectivity index (χ3v) is 5.80. The molecule has 4 nitrogen and oxygen atoms in total. The van der Waals surface area contributed by atoms with Crippen molar-refractivity contribution in [3.05, 3.63) is 59.7 Å². The van der Waals surface area contributed by atoms with Crippen LogP contribution < -0.4 is 9.05 Å². The van der Waals surface area contributed by atoms with Crippen molar-refractivity contribution in [2.75, 3.05) is 13.2 Å². The quantitative estimate of drug-likeness (QED) is 0.261. The predicted octanol–water partition coefficient (Wildman–Crippen LogP) is 7.57. The van der Waals surface area contributed by atoms with Crippen molar-refractivity contribution < 1.29 is 18.1 Å². The van der Waals surface area contributed by atoms with Crippen molar-refractivity contribution in [2.24, 2.45) is 0 Å². The van der Waals surface area contributed by atoms with Gasteiger partial charge in [-0.25, -0.2) is 0 Å². The lowest BCUT2D eigenvalue weighted by atomic mass is 9.86. The maximum atomic E-state index is 5.85. The van der Waals surface area contributed by atoms with Gasteiger partial charge in [-0.1, -0.05) is 77.9 Å². The highest BCUT2D eigenvalue weighted by atomic mass is 31.1. The van der Waals surface area contributed by atoms with E-state index in [1.54, 1.807) is 0 Å². The van der Waals surface area contributed by atoms with Gasteiger partial charge in [0, 0.05) is 0 Å². The number of benzene rings is 2. The van der Waals surface area contributed by atoms with Crippen molar-refractivity contribution in [1.29, 1.82) is 0 Å². The van der Waals surface area contributed by atoms with Crippen LogP contribution in [0.3, 0.4) is 0 Å². The molecule has 2 atom stereocenters. The molecule has 2 aromatic rings. The molecule has 0 N–H and O–H groups in total. The first-order valence-electron chi connectivity index (χ1n) is 10.5. The van der Waals surface area contributed by atoms with E-state index in [9.17, 15) is 0 Å². The number of rotatable bonds is 11. The molecule has 0 heterocycles. The fourth-order valence-electron chi connectivity index (χ4n) is 2.93. The summed E-state index contributed by atoms with van der Waals surface area (Å²) in [6.07, 6.45) is 1.86. The van der Waals surface area contributed by atoms with Crippen LogP contribution in [0.15, 0.2) is 48.5 Å². The topological polar surface area (TPSA) is 36.9 Å². The average Bonchev–Trinajstić information content (AvgIpc) is 2.68. The second-order valence-corrected chi connectivity index (χ2v) is 10.6. The zero-order chi connectivity index (χ0) is 22.0. The molecule has 0 saturated heterocycles. The number of unbranched alkanes of at least 4 members (excludes halogenated alkanes) is 1. The van der Waals surface area contributed by atoms with Gasteiger partial charge in [-0.2, -0.15) is 0 Å². The maximum absolute atomic E-state index is 5.85. The van der Waals surface area contributed by atoms with Gasteiger partial charge in [0.25, 0.3) is 0 Å². The molecular weight excluding hydrogens is 414 g/mol. The summed E-state index contributed by atoms with van der Waals surface area (Å²) in [6, 6.07) is 16.3. The number of para-hydroxylation sites is 2. The second kappa shape index (κ2) is 12.0. The van der Waals surface area contributed by atoms with Gasteiger partial charge in [-0.15, -0.1) is 0 Å². The molecule has 2 rings (SSSR count). The van der Waals surface area contributed by atoms with Gasteiger partial charge in [-0.05, 0) is 46.9 Å². The van der Waals surface area contributed by atoms with Crippen molar-refractivity contribution in [3.63, 3.8) is 0 Å². The van der Waals surface area contributed by atoms with Gasteiger partial charge in [0.1, 0.15) is 11.5 Å². The highest BCUT2D eigenvalue weighted by Gasteiger charge is 2.19. The minimum atomic E-state index is 0.00760. The first kappa shape index (κ1) is 25.1. The van der Waals surface area contributed by atoms with E-state index in [2.05, 4.69) is 53.7 Å². The molecule has 0 radical (unpaired) electrons. The molecule has 2 aromatic carbocycles. The summed E-state index contributed by atoms with van der Waals surface area (Å²) in [6.45, 7) is 14.4. The lowest BCUT2D eigenvalue weighted by Crippen LogP contribution is -2.12. The average molecular weight is 450 g/mol. The minimum Gasteiger partial charge on any atom is -0.449 e. The Morgan fingerprint density at radius 3 is 1.33 bits per heavy atom. The van der Waals surface area contributed by atoms with E-state index in [0.29, 0.717) is 13.2 Å². The standard InChI is InChI=1S/C24H36O4P2/c1-23(2,3)19-13-7-9-15-21(19)27-29-25-17-11-12-18-26-30-28-22-16-10-8-14-20(22)24(4,5)6/h7-10,13-16,29-30H,11-12,17-18H2,1-6H3. The van der Waals surface area contributed by atoms with Gasteiger partial charge in [0.2, 0.25) is 18.1 Å². The van der Waals surface area contributed by atoms with E-state index in [-0.39, 0.29) is 28.9 Å². The Hall–Kier alpha value is -1.18. The first-order valence-corrected chi connectivity index (χ1v) is 12.1. The van der Waals surface area contributed by atoms with Crippen molar-refractivity contribution >= 4 is 18.1 Å². The molecule has 166 valence electrons.